The van der Waals surface area contributed by atoms with Gasteiger partial charge in [-0.05, 0) is 67.6 Å². The zero-order valence-electron chi connectivity index (χ0n) is 17.6. The van der Waals surface area contributed by atoms with Crippen molar-refractivity contribution < 1.29 is 4.79 Å². The number of para-hydroxylation sites is 1. The fourth-order valence-corrected chi connectivity index (χ4v) is 4.46. The summed E-state index contributed by atoms with van der Waals surface area (Å²) in [7, 11) is 0. The predicted octanol–water partition coefficient (Wildman–Crippen LogP) is 5.08. The van der Waals surface area contributed by atoms with Crippen LogP contribution >= 0.6 is 11.6 Å². The van der Waals surface area contributed by atoms with Crippen LogP contribution in [0.1, 0.15) is 37.4 Å². The standard InChI is InChI=1S/C25H30ClN3O/c1-2-13-27-25(30)20-11-14-28(15-12-20)18-23-16-21-5-3-4-6-24(21)29(23)17-19-7-9-22(26)10-8-19/h3-10,16,20H,2,11-15,17-18H2,1H3,(H,27,30). The van der Waals surface area contributed by atoms with Gasteiger partial charge < -0.3 is 9.88 Å². The highest BCUT2D eigenvalue weighted by molar-refractivity contribution is 6.30. The van der Waals surface area contributed by atoms with Crippen LogP contribution in [0, 0.1) is 5.92 Å². The minimum absolute atomic E-state index is 0.160. The number of nitrogens with zero attached hydrogens (tertiary/aromatic N) is 2. The molecule has 1 saturated heterocycles. The Morgan fingerprint density at radius 1 is 1.07 bits per heavy atom. The molecule has 2 aromatic carbocycles. The lowest BCUT2D eigenvalue weighted by atomic mass is 9.96. The Bertz CT molecular complexity index is 987. The Morgan fingerprint density at radius 2 is 1.80 bits per heavy atom. The van der Waals surface area contributed by atoms with E-state index in [1.165, 1.54) is 22.2 Å². The molecule has 2 heterocycles. The first kappa shape index (κ1) is 21.0. The van der Waals surface area contributed by atoms with Gasteiger partial charge >= 0.3 is 0 Å². The molecule has 1 N–H and O–H groups in total. The van der Waals surface area contributed by atoms with Gasteiger partial charge in [-0.25, -0.2) is 0 Å². The number of hydrogen-bond acceptors (Lipinski definition) is 2. The molecular weight excluding hydrogens is 394 g/mol. The van der Waals surface area contributed by atoms with E-state index in [4.69, 9.17) is 11.6 Å². The maximum absolute atomic E-state index is 12.3. The number of benzene rings is 2. The SMILES string of the molecule is CCCNC(=O)C1CCN(Cc2cc3ccccc3n2Cc2ccc(Cl)cc2)CC1. The van der Waals surface area contributed by atoms with Gasteiger partial charge in [0.05, 0.1) is 0 Å². The van der Waals surface area contributed by atoms with Gasteiger partial charge in [0.15, 0.2) is 0 Å². The summed E-state index contributed by atoms with van der Waals surface area (Å²) in [5.74, 6) is 0.390. The van der Waals surface area contributed by atoms with Crippen LogP contribution in [-0.4, -0.2) is 35.0 Å². The number of piperidine rings is 1. The fourth-order valence-electron chi connectivity index (χ4n) is 4.33. The molecule has 3 aromatic rings. The van der Waals surface area contributed by atoms with Crippen molar-refractivity contribution in [1.29, 1.82) is 0 Å². The highest BCUT2D eigenvalue weighted by atomic mass is 35.5. The molecule has 1 fully saturated rings. The van der Waals surface area contributed by atoms with E-state index in [9.17, 15) is 4.79 Å². The number of amides is 1. The van der Waals surface area contributed by atoms with E-state index in [1.54, 1.807) is 0 Å². The highest BCUT2D eigenvalue weighted by Gasteiger charge is 2.25. The Morgan fingerprint density at radius 3 is 2.53 bits per heavy atom. The summed E-state index contributed by atoms with van der Waals surface area (Å²) in [5.41, 5.74) is 3.82. The summed E-state index contributed by atoms with van der Waals surface area (Å²) in [5, 5.41) is 5.09. The van der Waals surface area contributed by atoms with Crippen molar-refractivity contribution in [2.75, 3.05) is 19.6 Å². The van der Waals surface area contributed by atoms with Crippen molar-refractivity contribution in [3.05, 3.63) is 70.9 Å². The van der Waals surface area contributed by atoms with Gasteiger partial charge in [-0.15, -0.1) is 0 Å². The third-order valence-corrected chi connectivity index (χ3v) is 6.30. The van der Waals surface area contributed by atoms with Gasteiger partial charge in [-0.2, -0.15) is 0 Å². The molecule has 1 aliphatic heterocycles. The molecule has 0 atom stereocenters. The van der Waals surface area contributed by atoms with Gasteiger partial charge in [0.1, 0.15) is 0 Å². The number of carbonyl (C=O) groups excluding carboxylic acids is 1. The van der Waals surface area contributed by atoms with Crippen LogP contribution in [0.15, 0.2) is 54.6 Å². The lowest BCUT2D eigenvalue weighted by Gasteiger charge is -2.31. The monoisotopic (exact) mass is 423 g/mol. The summed E-state index contributed by atoms with van der Waals surface area (Å²) >= 11 is 6.07. The average molecular weight is 424 g/mol. The molecule has 5 heteroatoms. The Balaban J connectivity index is 1.48. The van der Waals surface area contributed by atoms with E-state index in [1.807, 2.05) is 12.1 Å². The Hall–Kier alpha value is -2.30. The minimum Gasteiger partial charge on any atom is -0.356 e. The van der Waals surface area contributed by atoms with E-state index in [-0.39, 0.29) is 11.8 Å². The summed E-state index contributed by atoms with van der Waals surface area (Å²) in [6.07, 6.45) is 2.86. The van der Waals surface area contributed by atoms with Crippen LogP contribution in [0.3, 0.4) is 0 Å². The van der Waals surface area contributed by atoms with E-state index in [0.717, 1.165) is 57.0 Å². The first-order chi connectivity index (χ1) is 14.6. The summed E-state index contributed by atoms with van der Waals surface area (Å²) < 4.78 is 2.42. The molecule has 158 valence electrons. The van der Waals surface area contributed by atoms with Gasteiger partial charge in [0, 0.05) is 41.8 Å². The van der Waals surface area contributed by atoms with Crippen LogP contribution in [-0.2, 0) is 17.9 Å². The van der Waals surface area contributed by atoms with Crippen molar-refractivity contribution in [2.45, 2.75) is 39.3 Å². The highest BCUT2D eigenvalue weighted by Crippen LogP contribution is 2.25. The number of halogens is 1. The van der Waals surface area contributed by atoms with E-state index < -0.39 is 0 Å². The number of nitrogens with one attached hydrogen (secondary N) is 1. The van der Waals surface area contributed by atoms with Crippen molar-refractivity contribution in [3.8, 4) is 0 Å². The third kappa shape index (κ3) is 4.88. The van der Waals surface area contributed by atoms with Crippen molar-refractivity contribution in [3.63, 3.8) is 0 Å². The molecule has 0 spiro atoms. The van der Waals surface area contributed by atoms with Crippen molar-refractivity contribution in [2.24, 2.45) is 5.92 Å². The molecule has 0 bridgehead atoms. The maximum atomic E-state index is 12.3. The molecule has 1 aliphatic rings. The second-order valence-corrected chi connectivity index (χ2v) is 8.68. The number of hydrogen-bond donors (Lipinski definition) is 1. The third-order valence-electron chi connectivity index (χ3n) is 6.04. The predicted molar refractivity (Wildman–Crippen MR) is 124 cm³/mol. The zero-order valence-corrected chi connectivity index (χ0v) is 18.4. The van der Waals surface area contributed by atoms with Gasteiger partial charge in [0.25, 0.3) is 0 Å². The van der Waals surface area contributed by atoms with Gasteiger partial charge in [-0.3, -0.25) is 9.69 Å². The quantitative estimate of drug-likeness (QED) is 0.575. The Labute approximate surface area is 183 Å². The lowest BCUT2D eigenvalue weighted by Crippen LogP contribution is -2.40. The second kappa shape index (κ2) is 9.67. The van der Waals surface area contributed by atoms with E-state index in [2.05, 4.69) is 64.2 Å². The number of carbonyl (C=O) groups is 1. The number of fused-ring (bicyclic) bond motifs is 1. The lowest BCUT2D eigenvalue weighted by molar-refractivity contribution is -0.126. The molecule has 0 saturated carbocycles. The smallest absolute Gasteiger partial charge is 0.223 e. The van der Waals surface area contributed by atoms with E-state index in [0.29, 0.717) is 0 Å². The number of rotatable bonds is 7. The van der Waals surface area contributed by atoms with Gasteiger partial charge in [0.2, 0.25) is 5.91 Å². The first-order valence-electron chi connectivity index (χ1n) is 11.0. The molecule has 0 aliphatic carbocycles. The normalized spacial score (nSPS) is 15.5. The van der Waals surface area contributed by atoms with Gasteiger partial charge in [-0.1, -0.05) is 48.9 Å². The topological polar surface area (TPSA) is 37.3 Å². The minimum atomic E-state index is 0.160. The zero-order chi connectivity index (χ0) is 20.9. The molecule has 1 aromatic heterocycles. The van der Waals surface area contributed by atoms with Crippen LogP contribution in [0.4, 0.5) is 0 Å². The average Bonchev–Trinajstić information content (AvgIpc) is 3.11. The molecular formula is C25H30ClN3O. The molecule has 4 nitrogen and oxygen atoms in total. The summed E-state index contributed by atoms with van der Waals surface area (Å²) in [4.78, 5) is 14.8. The van der Waals surface area contributed by atoms with Crippen molar-refractivity contribution in [1.82, 2.24) is 14.8 Å². The second-order valence-electron chi connectivity index (χ2n) is 8.25. The molecule has 1 amide bonds. The summed E-state index contributed by atoms with van der Waals surface area (Å²) in [6, 6.07) is 19.0. The van der Waals surface area contributed by atoms with Crippen LogP contribution in [0.5, 0.6) is 0 Å². The Kier molecular flexibility index (Phi) is 6.76. The maximum Gasteiger partial charge on any atom is 0.223 e. The molecule has 4 rings (SSSR count). The molecule has 0 radical (unpaired) electrons. The fraction of sp³-hybridized carbons (Fsp3) is 0.400. The number of aromatic nitrogens is 1. The summed E-state index contributed by atoms with van der Waals surface area (Å²) in [6.45, 7) is 6.54. The first-order valence-corrected chi connectivity index (χ1v) is 11.3. The van der Waals surface area contributed by atoms with Crippen LogP contribution < -0.4 is 5.32 Å². The van der Waals surface area contributed by atoms with Crippen LogP contribution in [0.2, 0.25) is 5.02 Å². The largest absolute Gasteiger partial charge is 0.356 e. The molecule has 0 unspecified atom stereocenters. The van der Waals surface area contributed by atoms with E-state index >= 15 is 0 Å². The number of likely N-dealkylation sites (tertiary alicyclic amines) is 1. The van der Waals surface area contributed by atoms with Crippen molar-refractivity contribution >= 4 is 28.4 Å². The van der Waals surface area contributed by atoms with Crippen LogP contribution in [0.25, 0.3) is 10.9 Å². The molecule has 30 heavy (non-hydrogen) atoms.